The normalized spacial score (nSPS) is 20.0. The topological polar surface area (TPSA) is 62.7 Å². The third-order valence-electron chi connectivity index (χ3n) is 3.50. The summed E-state index contributed by atoms with van der Waals surface area (Å²) in [5, 5.41) is 9.73. The molecule has 1 aromatic rings. The molecule has 1 fully saturated rings. The predicted octanol–water partition coefficient (Wildman–Crippen LogP) is 2.00. The summed E-state index contributed by atoms with van der Waals surface area (Å²) >= 11 is 1.72. The summed E-state index contributed by atoms with van der Waals surface area (Å²) in [6.07, 6.45) is 0. The van der Waals surface area contributed by atoms with Crippen LogP contribution >= 0.6 is 11.3 Å². The summed E-state index contributed by atoms with van der Waals surface area (Å²) in [4.78, 5) is 18.6. The lowest BCUT2D eigenvalue weighted by molar-refractivity contribution is -0.169. The number of thiazole rings is 1. The van der Waals surface area contributed by atoms with Gasteiger partial charge in [0, 0.05) is 18.0 Å². The lowest BCUT2D eigenvalue weighted by Crippen LogP contribution is -2.62. The van der Waals surface area contributed by atoms with Crippen LogP contribution in [-0.2, 0) is 9.53 Å². The van der Waals surface area contributed by atoms with E-state index < -0.39 is 5.97 Å². The highest BCUT2D eigenvalue weighted by Gasteiger charge is 2.43. The van der Waals surface area contributed by atoms with Crippen LogP contribution in [0, 0.1) is 13.8 Å². The van der Waals surface area contributed by atoms with E-state index in [2.05, 4.69) is 23.7 Å². The Hall–Kier alpha value is -0.980. The molecule has 1 aromatic heterocycles. The minimum Gasteiger partial charge on any atom is -0.480 e. The lowest BCUT2D eigenvalue weighted by atomic mass is 9.93. The Balaban J connectivity index is 1.92. The van der Waals surface area contributed by atoms with Crippen LogP contribution in [0.2, 0.25) is 0 Å². The van der Waals surface area contributed by atoms with Gasteiger partial charge in [-0.3, -0.25) is 4.90 Å². The van der Waals surface area contributed by atoms with Gasteiger partial charge in [0.1, 0.15) is 6.61 Å². The molecule has 0 saturated carbocycles. The van der Waals surface area contributed by atoms with Crippen LogP contribution in [0.15, 0.2) is 0 Å². The Morgan fingerprint density at radius 2 is 2.21 bits per heavy atom. The molecule has 0 aromatic carbocycles. The van der Waals surface area contributed by atoms with Crippen molar-refractivity contribution in [1.29, 1.82) is 0 Å². The van der Waals surface area contributed by atoms with Gasteiger partial charge in [-0.2, -0.15) is 0 Å². The van der Waals surface area contributed by atoms with E-state index in [1.807, 2.05) is 13.8 Å². The number of carbonyl (C=O) groups is 1. The predicted molar refractivity (Wildman–Crippen MR) is 73.6 cm³/mol. The maximum Gasteiger partial charge on any atom is 0.329 e. The summed E-state index contributed by atoms with van der Waals surface area (Å²) in [6.45, 7) is 9.47. The summed E-state index contributed by atoms with van der Waals surface area (Å²) in [5.74, 6) is -0.918. The van der Waals surface area contributed by atoms with E-state index in [4.69, 9.17) is 9.84 Å². The molecular weight excluding hydrogens is 264 g/mol. The van der Waals surface area contributed by atoms with E-state index in [0.717, 1.165) is 23.8 Å². The summed E-state index contributed by atoms with van der Waals surface area (Å²) in [6, 6.07) is 0.256. The number of likely N-dealkylation sites (tertiary alicyclic amines) is 1. The number of nitrogens with zero attached hydrogens (tertiary/aromatic N) is 2. The number of carboxylic acids is 1. The van der Waals surface area contributed by atoms with Gasteiger partial charge in [0.15, 0.2) is 0 Å². The van der Waals surface area contributed by atoms with Crippen molar-refractivity contribution in [2.24, 2.45) is 0 Å². The van der Waals surface area contributed by atoms with Crippen LogP contribution in [0.25, 0.3) is 0 Å². The van der Waals surface area contributed by atoms with Crippen LogP contribution < -0.4 is 0 Å². The van der Waals surface area contributed by atoms with E-state index in [1.54, 1.807) is 11.3 Å². The molecule has 1 saturated heterocycles. The largest absolute Gasteiger partial charge is 0.480 e. The van der Waals surface area contributed by atoms with E-state index >= 15 is 0 Å². The van der Waals surface area contributed by atoms with E-state index in [9.17, 15) is 4.79 Å². The van der Waals surface area contributed by atoms with Crippen molar-refractivity contribution < 1.29 is 14.6 Å². The monoisotopic (exact) mass is 284 g/mol. The number of rotatable bonds is 5. The van der Waals surface area contributed by atoms with Crippen molar-refractivity contribution in [3.05, 3.63) is 15.6 Å². The zero-order chi connectivity index (χ0) is 14.2. The minimum atomic E-state index is -0.918. The van der Waals surface area contributed by atoms with Gasteiger partial charge >= 0.3 is 5.97 Å². The summed E-state index contributed by atoms with van der Waals surface area (Å²) in [5.41, 5.74) is 0.786. The van der Waals surface area contributed by atoms with Crippen LogP contribution in [0.3, 0.4) is 0 Å². The van der Waals surface area contributed by atoms with Crippen LogP contribution in [0.1, 0.15) is 35.5 Å². The Kier molecular flexibility index (Phi) is 3.94. The fourth-order valence-electron chi connectivity index (χ4n) is 2.52. The molecule has 0 bridgehead atoms. The van der Waals surface area contributed by atoms with Gasteiger partial charge < -0.3 is 9.84 Å². The summed E-state index contributed by atoms with van der Waals surface area (Å²) < 4.78 is 5.42. The second-order valence-corrected chi connectivity index (χ2v) is 6.79. The lowest BCUT2D eigenvalue weighted by Gasteiger charge is -2.49. The molecule has 0 radical (unpaired) electrons. The second-order valence-electron chi connectivity index (χ2n) is 5.39. The highest BCUT2D eigenvalue weighted by Crippen LogP contribution is 2.34. The molecule has 5 nitrogen and oxygen atoms in total. The molecule has 1 N–H and O–H groups in total. The first-order chi connectivity index (χ1) is 8.81. The fourth-order valence-corrected chi connectivity index (χ4v) is 3.43. The minimum absolute atomic E-state index is 0.229. The van der Waals surface area contributed by atoms with Crippen molar-refractivity contribution in [1.82, 2.24) is 9.88 Å². The molecule has 2 rings (SSSR count). The van der Waals surface area contributed by atoms with Gasteiger partial charge in [-0.25, -0.2) is 9.78 Å². The molecule has 106 valence electrons. The number of aryl methyl sites for hydroxylation is 2. The number of carboxylic acid groups (broad SMARTS) is 1. The molecule has 6 heteroatoms. The average molecular weight is 284 g/mol. The molecular formula is C13H20N2O3S. The molecule has 19 heavy (non-hydrogen) atoms. The zero-order valence-electron chi connectivity index (χ0n) is 11.8. The number of ether oxygens (including phenoxy) is 1. The molecule has 0 spiro atoms. The van der Waals surface area contributed by atoms with Crippen molar-refractivity contribution in [2.75, 3.05) is 19.7 Å². The van der Waals surface area contributed by atoms with E-state index in [0.29, 0.717) is 0 Å². The van der Waals surface area contributed by atoms with Gasteiger partial charge in [-0.1, -0.05) is 0 Å². The van der Waals surface area contributed by atoms with Gasteiger partial charge in [0.25, 0.3) is 0 Å². The van der Waals surface area contributed by atoms with Gasteiger partial charge in [0.05, 0.1) is 22.3 Å². The third-order valence-corrected chi connectivity index (χ3v) is 4.40. The maximum atomic E-state index is 10.5. The van der Waals surface area contributed by atoms with Crippen molar-refractivity contribution in [3.63, 3.8) is 0 Å². The van der Waals surface area contributed by atoms with Crippen LogP contribution in [0.5, 0.6) is 0 Å². The first-order valence-corrected chi connectivity index (χ1v) is 7.16. The number of hydrogen-bond donors (Lipinski definition) is 1. The Morgan fingerprint density at radius 1 is 1.58 bits per heavy atom. The van der Waals surface area contributed by atoms with E-state index in [-0.39, 0.29) is 18.2 Å². The van der Waals surface area contributed by atoms with Crippen LogP contribution in [0.4, 0.5) is 0 Å². The Bertz CT molecular complexity index is 480. The smallest absolute Gasteiger partial charge is 0.329 e. The average Bonchev–Trinajstić information content (AvgIpc) is 2.61. The van der Waals surface area contributed by atoms with Gasteiger partial charge in [-0.15, -0.1) is 11.3 Å². The van der Waals surface area contributed by atoms with E-state index in [1.165, 1.54) is 4.88 Å². The molecule has 1 aliphatic heterocycles. The number of aromatic nitrogens is 1. The maximum absolute atomic E-state index is 10.5. The molecule has 1 aliphatic rings. The van der Waals surface area contributed by atoms with Crippen LogP contribution in [-0.4, -0.2) is 46.3 Å². The van der Waals surface area contributed by atoms with Gasteiger partial charge in [0.2, 0.25) is 0 Å². The molecule has 0 aliphatic carbocycles. The molecule has 1 unspecified atom stereocenters. The first kappa shape index (κ1) is 14.4. The standard InChI is InChI=1S/C13H20N2O3S/c1-8(12-9(2)19-10(3)14-12)15-6-13(4,7-15)18-5-11(16)17/h8H,5-7H2,1-4H3,(H,16,17). The Labute approximate surface area is 117 Å². The Morgan fingerprint density at radius 3 is 2.68 bits per heavy atom. The quantitative estimate of drug-likeness (QED) is 0.896. The highest BCUT2D eigenvalue weighted by atomic mass is 32.1. The highest BCUT2D eigenvalue weighted by molar-refractivity contribution is 7.11. The van der Waals surface area contributed by atoms with Crippen molar-refractivity contribution in [2.45, 2.75) is 39.3 Å². The second kappa shape index (κ2) is 5.19. The SMILES string of the molecule is Cc1nc(C(C)N2CC(C)(OCC(=O)O)C2)c(C)s1. The molecule has 2 heterocycles. The van der Waals surface area contributed by atoms with Crippen molar-refractivity contribution in [3.8, 4) is 0 Å². The fraction of sp³-hybridized carbons (Fsp3) is 0.692. The summed E-state index contributed by atoms with van der Waals surface area (Å²) in [7, 11) is 0. The first-order valence-electron chi connectivity index (χ1n) is 6.34. The molecule has 0 amide bonds. The number of aliphatic carboxylic acids is 1. The van der Waals surface area contributed by atoms with Crippen molar-refractivity contribution >= 4 is 17.3 Å². The number of hydrogen-bond acceptors (Lipinski definition) is 5. The molecule has 1 atom stereocenters. The van der Waals surface area contributed by atoms with Gasteiger partial charge in [-0.05, 0) is 27.7 Å². The zero-order valence-corrected chi connectivity index (χ0v) is 12.6. The third kappa shape index (κ3) is 3.13.